The molecule has 3 unspecified atom stereocenters. The summed E-state index contributed by atoms with van der Waals surface area (Å²) in [4.78, 5) is 46.9. The number of amides is 1. The highest BCUT2D eigenvalue weighted by atomic mass is 32.2. The lowest BCUT2D eigenvalue weighted by Crippen LogP contribution is -2.54. The summed E-state index contributed by atoms with van der Waals surface area (Å²) >= 11 is 0. The van der Waals surface area contributed by atoms with Crippen molar-refractivity contribution in [2.45, 2.75) is 169 Å². The van der Waals surface area contributed by atoms with Gasteiger partial charge in [-0.25, -0.2) is 50.7 Å². The van der Waals surface area contributed by atoms with Crippen LogP contribution >= 0.6 is 0 Å². The summed E-state index contributed by atoms with van der Waals surface area (Å²) in [5, 5.41) is 77.1. The van der Waals surface area contributed by atoms with Crippen molar-refractivity contribution in [3.8, 4) is 18.1 Å². The summed E-state index contributed by atoms with van der Waals surface area (Å²) in [5.41, 5.74) is 18.7. The zero-order valence-electron chi connectivity index (χ0n) is 71.9. The van der Waals surface area contributed by atoms with Crippen molar-refractivity contribution in [1.29, 1.82) is 0 Å². The molecule has 34 nitrogen and oxygen atoms in total. The Balaban J connectivity index is 0.000000123. The van der Waals surface area contributed by atoms with Gasteiger partial charge in [-0.05, 0) is 131 Å². The molecule has 20 rings (SSSR count). The quantitative estimate of drug-likeness (QED) is 0.0263. The Morgan fingerprint density at radius 3 is 1.53 bits per heavy atom. The Bertz CT molecular complexity index is 6140. The van der Waals surface area contributed by atoms with Gasteiger partial charge < -0.3 is 70.0 Å². The number of nitrogens with one attached hydrogen (secondary N) is 9. The standard InChI is InChI=1S/C19H20BN3O3.C17H23BN4O3S.C16H22BN5O2S.2C16H21BN4O3S.CH4/c1-3-4-17(24)23-8-6-12(2)15(11-23)14-9-20(25)26-16-10-22-19-13(18(14)16)5-7-21-19;1-3-7-26(24,25)21-12-8-11(9-12)17-16-13-5-4-6-15(13)19-10-14(16)18(23)22(2)20-17;1-3-6-25(2,24)21-11-7-10(8-11)15-14-12-4-5-18-16(12)19-9-13(14)17(23)22-20-15;1-3-6-25(2,23)21-11-7-10(8-11)15-14-12-4-5-18-16(12)19-9-13(14)17(22)24-20-15;1-2-6-25(23,24)20-11-7-10(8-11)16-15-12-4-3-5-14(12)18-9-13(15)17(22)21-19-16;/h1,5,7,9-10,12,15,25H,4,6,8,11H2,2H3,(H,21,22);4-5,10-12,21,23H,3,6-9H2,1-2H3;4-5,9-11,22-23H,2-3,6-8H2,1H3,(H,18,19)(H,21,24);4-5,9-11,22H,2-3,6-8H2,1H3,(H,18,19)(H,21,23);3-4,9-11,20-22H,2,5-8H2,1H3;1H4/t12-,15?;;;;;/m1...../s1. The molecule has 12 aliphatic rings. The molecule has 0 bridgehead atoms. The summed E-state index contributed by atoms with van der Waals surface area (Å²) in [7, 11) is -13.7. The second-order valence-electron chi connectivity index (χ2n) is 34.8. The number of sulfonamides is 2. The van der Waals surface area contributed by atoms with Crippen molar-refractivity contribution in [2.24, 2.45) is 56.0 Å². The molecule has 0 aromatic carbocycles. The Labute approximate surface area is 749 Å². The van der Waals surface area contributed by atoms with E-state index in [1.807, 2.05) is 75.5 Å². The number of oxime groups is 1. The van der Waals surface area contributed by atoms with Gasteiger partial charge in [0.2, 0.25) is 26.0 Å². The van der Waals surface area contributed by atoms with Crippen LogP contribution in [0.4, 0.5) is 0 Å². The van der Waals surface area contributed by atoms with E-state index >= 15 is 0 Å². The number of carbonyl (C=O) groups is 1. The highest BCUT2D eigenvalue weighted by Crippen LogP contribution is 2.45. The van der Waals surface area contributed by atoms with Crippen LogP contribution in [0.15, 0.2) is 106 Å². The molecule has 1 amide bonds. The third kappa shape index (κ3) is 19.6. The van der Waals surface area contributed by atoms with Crippen LogP contribution in [0.3, 0.4) is 0 Å². The van der Waals surface area contributed by atoms with E-state index in [4.69, 9.17) is 15.8 Å². The number of hydrazone groups is 3. The fourth-order valence-corrected chi connectivity index (χ4v) is 24.9. The van der Waals surface area contributed by atoms with Crippen molar-refractivity contribution in [1.82, 2.24) is 79.3 Å². The average Bonchev–Trinajstić information content (AvgIpc) is 1.43. The van der Waals surface area contributed by atoms with Crippen molar-refractivity contribution in [3.63, 3.8) is 0 Å². The first-order valence-electron chi connectivity index (χ1n) is 43.6. The van der Waals surface area contributed by atoms with Crippen molar-refractivity contribution in [3.05, 3.63) is 136 Å². The fraction of sp³-hybridized carbons (Fsp3) is 0.459. The van der Waals surface area contributed by atoms with Crippen molar-refractivity contribution < 1.29 is 64.6 Å². The van der Waals surface area contributed by atoms with Gasteiger partial charge >= 0.3 is 35.4 Å². The number of piperidine rings is 1. The van der Waals surface area contributed by atoms with Crippen LogP contribution in [0.5, 0.6) is 5.75 Å². The Morgan fingerprint density at radius 1 is 0.578 bits per heavy atom. The Hall–Kier alpha value is -9.80. The number of H-pyrrole nitrogens is 3. The fourth-order valence-electron chi connectivity index (χ4n) is 19.0. The minimum absolute atomic E-state index is 0. The number of likely N-dealkylation sites (tertiary alicyclic amines) is 1. The first-order valence-corrected chi connectivity index (χ1v) is 50.7. The summed E-state index contributed by atoms with van der Waals surface area (Å²) in [6.45, 7) is 11.2. The van der Waals surface area contributed by atoms with Gasteiger partial charge in [-0.3, -0.25) is 23.2 Å². The number of aromatic amines is 3. The van der Waals surface area contributed by atoms with E-state index in [9.17, 15) is 55.2 Å². The molecule has 128 heavy (non-hydrogen) atoms. The van der Waals surface area contributed by atoms with Crippen LogP contribution < -0.4 is 56.1 Å². The van der Waals surface area contributed by atoms with Gasteiger partial charge in [0, 0.05) is 238 Å². The highest BCUT2D eigenvalue weighted by molar-refractivity contribution is 7.98. The Kier molecular flexibility index (Phi) is 28.1. The molecule has 674 valence electrons. The third-order valence-electron chi connectivity index (χ3n) is 25.5. The molecule has 6 aliphatic carbocycles. The molecular formula is C85H111B5N20O14S4. The van der Waals surface area contributed by atoms with E-state index in [0.717, 1.165) is 212 Å². The topological polar surface area (TPSA) is 479 Å². The monoisotopic (exact) mass is 1820 g/mol. The van der Waals surface area contributed by atoms with Crippen LogP contribution in [0, 0.1) is 47.9 Å². The number of terminal acetylenes is 1. The largest absolute Gasteiger partial charge is 0.585 e. The molecular weight excluding hydrogens is 1710 g/mol. The lowest BCUT2D eigenvalue weighted by Gasteiger charge is -2.39. The summed E-state index contributed by atoms with van der Waals surface area (Å²) in [6, 6.07) is 6.16. The first kappa shape index (κ1) is 92.9. The number of pyridine rings is 5. The van der Waals surface area contributed by atoms with Crippen molar-refractivity contribution >= 4 is 188 Å². The van der Waals surface area contributed by atoms with Crippen LogP contribution in [0.1, 0.15) is 182 Å². The number of allylic oxidation sites excluding steroid dienone is 2. The van der Waals surface area contributed by atoms with Gasteiger partial charge in [-0.2, -0.15) is 15.3 Å². The minimum Gasteiger partial charge on any atom is -0.531 e. The van der Waals surface area contributed by atoms with Gasteiger partial charge in [-0.1, -0.05) is 72.3 Å². The second-order valence-corrected chi connectivity index (χ2v) is 43.0. The SMILES string of the molecule is C.C#CCC(=O)N1CC[C@@H](C)C(C2=CB(O)Oc3cnc4[nH]ccc4c32)C1.C=S(=O)(CCC)NC1CC(C2=NNB(O)c3cnc4[nH]ccc4c32)C1.C=S(=O)(CCC)NC1CC(C2=NOB(O)c3cnc4[nH]ccc4c32)C1.CCCS(=O)(=O)NC1CC(C2=NN(C)B(O)c3cnc4c(c32)C=CC4)C1.CCCS(=O)(=O)NC1CC(C2=NNB(O)c3cnc4c(c32)C=CC4)C1. The van der Waals surface area contributed by atoms with Gasteiger partial charge in [0.25, 0.3) is 0 Å². The zero-order chi connectivity index (χ0) is 89.5. The van der Waals surface area contributed by atoms with E-state index in [0.29, 0.717) is 54.6 Å². The van der Waals surface area contributed by atoms with Crippen molar-refractivity contribution in [2.75, 3.05) is 43.1 Å². The number of fused-ring (bicyclic) bond motifs is 15. The molecule has 43 heteroatoms. The number of carbonyl (C=O) groups excluding carboxylic acids is 1. The molecule has 1 saturated heterocycles. The van der Waals surface area contributed by atoms with Gasteiger partial charge in [0.15, 0.2) is 0 Å². The third-order valence-corrected chi connectivity index (χ3v) is 32.4. The van der Waals surface area contributed by atoms with Gasteiger partial charge in [0.05, 0.1) is 58.4 Å². The Morgan fingerprint density at radius 2 is 1.02 bits per heavy atom. The molecule has 4 saturated carbocycles. The molecule has 0 spiro atoms. The number of hydrogen-bond donors (Lipinski definition) is 14. The summed E-state index contributed by atoms with van der Waals surface area (Å²) < 4.78 is 95.1. The second kappa shape index (κ2) is 38.7. The average molecular weight is 1820 g/mol. The number of nitrogens with zero attached hydrogens (tertiary/aromatic N) is 11. The molecule has 6 aliphatic heterocycles. The van der Waals surface area contributed by atoms with Crippen LogP contribution in [0.2, 0.25) is 0 Å². The maximum atomic E-state index is 12.3. The molecule has 8 aromatic heterocycles. The van der Waals surface area contributed by atoms with E-state index in [1.165, 1.54) is 0 Å². The van der Waals surface area contributed by atoms with E-state index in [1.54, 1.807) is 48.9 Å². The molecule has 14 N–H and O–H groups in total. The molecule has 0 radical (unpaired) electrons. The van der Waals surface area contributed by atoms with Crippen LogP contribution in [-0.4, -0.2) is 243 Å². The van der Waals surface area contributed by atoms with Crippen LogP contribution in [0.25, 0.3) is 50.8 Å². The molecule has 14 heterocycles. The summed E-state index contributed by atoms with van der Waals surface area (Å²) in [6.07, 6.45) is 39.3. The van der Waals surface area contributed by atoms with Gasteiger partial charge in [-0.15, -0.1) is 11.6 Å². The highest BCUT2D eigenvalue weighted by Gasteiger charge is 2.47. The minimum atomic E-state index is -3.20. The smallest absolute Gasteiger partial charge is 0.531 e. The van der Waals surface area contributed by atoms with E-state index in [-0.39, 0.29) is 85.0 Å². The van der Waals surface area contributed by atoms with E-state index < -0.39 is 74.9 Å². The predicted molar refractivity (Wildman–Crippen MR) is 512 cm³/mol. The lowest BCUT2D eigenvalue weighted by atomic mass is 9.65. The molecule has 8 aromatic rings. The van der Waals surface area contributed by atoms with Gasteiger partial charge in [0.1, 0.15) is 22.7 Å². The molecule has 4 atom stereocenters. The number of hydrogen-bond acceptors (Lipinski definition) is 26. The number of rotatable bonds is 22. The maximum Gasteiger partial charge on any atom is 0.585 e. The maximum absolute atomic E-state index is 12.3. The summed E-state index contributed by atoms with van der Waals surface area (Å²) in [5.74, 6) is 15.2. The number of aromatic nitrogens is 8. The predicted octanol–water partition coefficient (Wildman–Crippen LogP) is 2.71. The first-order chi connectivity index (χ1) is 60.9. The zero-order valence-corrected chi connectivity index (χ0v) is 75.2. The van der Waals surface area contributed by atoms with E-state index in [2.05, 4.69) is 133 Å². The van der Waals surface area contributed by atoms with Crippen LogP contribution in [-0.2, 0) is 61.9 Å². The molecule has 5 fully saturated rings. The lowest BCUT2D eigenvalue weighted by molar-refractivity contribution is -0.132. The normalized spacial score (nSPS) is 23.9.